The second kappa shape index (κ2) is 12.6. The fraction of sp³-hybridized carbons (Fsp3) is 0.182. The van der Waals surface area contributed by atoms with E-state index in [2.05, 4.69) is 0 Å². The Morgan fingerprint density at radius 2 is 1.80 bits per heavy atom. The Kier molecular flexibility index (Phi) is 10.5. The van der Waals surface area contributed by atoms with Gasteiger partial charge in [-0.05, 0) is 43.2 Å². The molecule has 0 atom stereocenters. The molecule has 0 aliphatic carbocycles. The van der Waals surface area contributed by atoms with E-state index in [0.29, 0.717) is 16.3 Å². The maximum atomic E-state index is 11.3. The topological polar surface area (TPSA) is 116 Å². The van der Waals surface area contributed by atoms with Crippen molar-refractivity contribution < 1.29 is 19.4 Å². The molecule has 0 saturated carbocycles. The summed E-state index contributed by atoms with van der Waals surface area (Å²) in [5, 5.41) is 9.21. The van der Waals surface area contributed by atoms with Gasteiger partial charge in [0.2, 0.25) is 5.91 Å². The van der Waals surface area contributed by atoms with Crippen LogP contribution in [-0.2, 0) is 11.2 Å². The van der Waals surface area contributed by atoms with Crippen LogP contribution in [0.3, 0.4) is 0 Å². The molecule has 0 aliphatic rings. The minimum atomic E-state index is -0.875. The van der Waals surface area contributed by atoms with Gasteiger partial charge in [0.15, 0.2) is 0 Å². The summed E-state index contributed by atoms with van der Waals surface area (Å²) in [5.74, 6) is -1.02. The van der Waals surface area contributed by atoms with E-state index in [1.54, 1.807) is 30.3 Å². The lowest BCUT2D eigenvalue weighted by atomic mass is 10.1. The zero-order valence-corrected chi connectivity index (χ0v) is 18.2. The van der Waals surface area contributed by atoms with Gasteiger partial charge in [0.05, 0.1) is 21.2 Å². The number of carbonyl (C=O) groups excluding carboxylic acids is 1. The maximum absolute atomic E-state index is 11.3. The highest BCUT2D eigenvalue weighted by molar-refractivity contribution is 6.33. The number of nitrogens with two attached hydrogens (primary N) is 2. The van der Waals surface area contributed by atoms with Crippen LogP contribution in [0.4, 0.5) is 0 Å². The molecule has 160 valence electrons. The van der Waals surface area contributed by atoms with Crippen molar-refractivity contribution >= 4 is 35.1 Å². The molecule has 0 spiro atoms. The minimum Gasteiger partial charge on any atom is -0.487 e. The lowest BCUT2D eigenvalue weighted by Gasteiger charge is -2.11. The summed E-state index contributed by atoms with van der Waals surface area (Å²) >= 11 is 11.9. The van der Waals surface area contributed by atoms with Crippen LogP contribution < -0.4 is 16.2 Å². The van der Waals surface area contributed by atoms with Crippen LogP contribution in [0, 0.1) is 6.92 Å². The second-order valence-corrected chi connectivity index (χ2v) is 6.94. The van der Waals surface area contributed by atoms with Crippen molar-refractivity contribution in [2.75, 3.05) is 6.61 Å². The molecule has 0 radical (unpaired) electrons. The van der Waals surface area contributed by atoms with Gasteiger partial charge in [0, 0.05) is 6.20 Å². The lowest BCUT2D eigenvalue weighted by Crippen LogP contribution is -2.19. The number of rotatable bonds is 7. The monoisotopic (exact) mass is 450 g/mol. The summed E-state index contributed by atoms with van der Waals surface area (Å²) in [6.07, 6.45) is 3.31. The molecule has 0 saturated heterocycles. The molecule has 8 heteroatoms. The van der Waals surface area contributed by atoms with Gasteiger partial charge < -0.3 is 21.3 Å². The summed E-state index contributed by atoms with van der Waals surface area (Å²) in [4.78, 5) is 21.6. The number of allylic oxidation sites excluding steroid dienone is 2. The summed E-state index contributed by atoms with van der Waals surface area (Å²) in [5.41, 5.74) is 13.1. The van der Waals surface area contributed by atoms with E-state index in [0.717, 1.165) is 23.7 Å². The number of carboxylic acids is 1. The molecule has 0 aromatic heterocycles. The highest BCUT2D eigenvalue weighted by Gasteiger charge is 2.10. The number of aryl methyl sites for hydroxylation is 2. The van der Waals surface area contributed by atoms with Crippen LogP contribution in [0.25, 0.3) is 0 Å². The van der Waals surface area contributed by atoms with Crippen LogP contribution in [0.5, 0.6) is 5.75 Å². The Bertz CT molecular complexity index is 939. The molecule has 30 heavy (non-hydrogen) atoms. The molecular formula is C22H24Cl2N2O4. The number of carbonyl (C=O) groups is 2. The fourth-order valence-electron chi connectivity index (χ4n) is 2.19. The van der Waals surface area contributed by atoms with E-state index in [1.807, 2.05) is 26.0 Å². The highest BCUT2D eigenvalue weighted by atomic mass is 35.5. The third-order valence-corrected chi connectivity index (χ3v) is 4.56. The SMILES string of the molecule is CCc1cccc(OC/C(=C\C(Cl)=C/N)C(N)=O)c1Cl.Cc1ccc(C(=O)O)cc1. The molecular weight excluding hydrogens is 427 g/mol. The summed E-state index contributed by atoms with van der Waals surface area (Å²) in [6.45, 7) is 3.88. The number of carboxylic acid groups (broad SMARTS) is 1. The van der Waals surface area contributed by atoms with Gasteiger partial charge in [0.25, 0.3) is 0 Å². The third kappa shape index (κ3) is 8.19. The first kappa shape index (κ1) is 25.1. The fourth-order valence-corrected chi connectivity index (χ4v) is 2.64. The Hall–Kier alpha value is -2.96. The van der Waals surface area contributed by atoms with Gasteiger partial charge in [-0.3, -0.25) is 4.79 Å². The Balaban J connectivity index is 0.000000375. The molecule has 1 amide bonds. The number of amides is 1. The first-order valence-electron chi connectivity index (χ1n) is 8.97. The van der Waals surface area contributed by atoms with Crippen molar-refractivity contribution in [3.8, 4) is 5.75 Å². The van der Waals surface area contributed by atoms with Crippen molar-refractivity contribution in [2.45, 2.75) is 20.3 Å². The number of halogens is 2. The zero-order valence-electron chi connectivity index (χ0n) is 16.7. The largest absolute Gasteiger partial charge is 0.487 e. The van der Waals surface area contributed by atoms with E-state index in [1.165, 1.54) is 6.08 Å². The lowest BCUT2D eigenvalue weighted by molar-refractivity contribution is -0.114. The van der Waals surface area contributed by atoms with Crippen LogP contribution >= 0.6 is 23.2 Å². The van der Waals surface area contributed by atoms with Gasteiger partial charge in [-0.25, -0.2) is 4.79 Å². The first-order valence-corrected chi connectivity index (χ1v) is 9.73. The van der Waals surface area contributed by atoms with Gasteiger partial charge in [-0.2, -0.15) is 0 Å². The highest BCUT2D eigenvalue weighted by Crippen LogP contribution is 2.28. The van der Waals surface area contributed by atoms with Crippen molar-refractivity contribution in [1.82, 2.24) is 0 Å². The van der Waals surface area contributed by atoms with Crippen molar-refractivity contribution in [3.63, 3.8) is 0 Å². The number of primary amides is 1. The molecule has 0 unspecified atom stereocenters. The van der Waals surface area contributed by atoms with Crippen LogP contribution in [0.2, 0.25) is 5.02 Å². The predicted molar refractivity (Wildman–Crippen MR) is 120 cm³/mol. The molecule has 0 heterocycles. The van der Waals surface area contributed by atoms with Gasteiger partial charge >= 0.3 is 5.97 Å². The van der Waals surface area contributed by atoms with Crippen LogP contribution in [0.1, 0.15) is 28.4 Å². The summed E-state index contributed by atoms with van der Waals surface area (Å²) < 4.78 is 5.52. The Labute approximate surface area is 185 Å². The maximum Gasteiger partial charge on any atom is 0.335 e. The molecule has 6 nitrogen and oxygen atoms in total. The van der Waals surface area contributed by atoms with E-state index >= 15 is 0 Å². The van der Waals surface area contributed by atoms with Gasteiger partial charge in [0.1, 0.15) is 12.4 Å². The average molecular weight is 451 g/mol. The van der Waals surface area contributed by atoms with Crippen molar-refractivity contribution in [3.05, 3.63) is 87.1 Å². The number of benzene rings is 2. The van der Waals surface area contributed by atoms with E-state index in [9.17, 15) is 9.59 Å². The molecule has 0 fully saturated rings. The van der Waals surface area contributed by atoms with Gasteiger partial charge in [-0.15, -0.1) is 0 Å². The normalized spacial score (nSPS) is 11.3. The van der Waals surface area contributed by atoms with Crippen LogP contribution in [-0.4, -0.2) is 23.6 Å². The quantitative estimate of drug-likeness (QED) is 0.426. The smallest absolute Gasteiger partial charge is 0.335 e. The van der Waals surface area contributed by atoms with Gasteiger partial charge in [-0.1, -0.05) is 60.0 Å². The Morgan fingerprint density at radius 1 is 1.17 bits per heavy atom. The third-order valence-electron chi connectivity index (χ3n) is 3.89. The molecule has 2 aromatic rings. The van der Waals surface area contributed by atoms with Crippen molar-refractivity contribution in [1.29, 1.82) is 0 Å². The van der Waals surface area contributed by atoms with E-state index in [4.69, 9.17) is 44.5 Å². The number of ether oxygens (including phenoxy) is 1. The Morgan fingerprint density at radius 3 is 2.30 bits per heavy atom. The number of hydrogen-bond acceptors (Lipinski definition) is 4. The predicted octanol–water partition coefficient (Wildman–Crippen LogP) is 4.43. The molecule has 5 N–H and O–H groups in total. The van der Waals surface area contributed by atoms with Crippen LogP contribution in [0.15, 0.2) is 65.3 Å². The molecule has 2 aromatic carbocycles. The first-order chi connectivity index (χ1) is 14.2. The number of hydrogen-bond donors (Lipinski definition) is 3. The van der Waals surface area contributed by atoms with E-state index in [-0.39, 0.29) is 17.2 Å². The molecule has 2 rings (SSSR count). The standard InChI is InChI=1S/C14H16Cl2N2O2.C8H8O2/c1-2-9-4-3-5-12(13(9)16)20-8-10(14(18)19)6-11(15)7-17;1-6-2-4-7(5-3-6)8(9)10/h3-7H,2,8,17H2,1H3,(H2,18,19);2-5H,1H3,(H,9,10)/b10-6+,11-7+;. The summed E-state index contributed by atoms with van der Waals surface area (Å²) in [7, 11) is 0. The zero-order chi connectivity index (χ0) is 22.7. The minimum absolute atomic E-state index is 0.0354. The average Bonchev–Trinajstić information content (AvgIpc) is 2.72. The molecule has 0 bridgehead atoms. The summed E-state index contributed by atoms with van der Waals surface area (Å²) in [6, 6.07) is 12.2. The molecule has 0 aliphatic heterocycles. The number of aromatic carboxylic acids is 1. The van der Waals surface area contributed by atoms with E-state index < -0.39 is 11.9 Å². The second-order valence-electron chi connectivity index (χ2n) is 6.13. The van der Waals surface area contributed by atoms with Crippen molar-refractivity contribution in [2.24, 2.45) is 11.5 Å².